The molecule has 3 aromatic rings. The molecular formula is C17H16N3O4S-. The lowest BCUT2D eigenvalue weighted by Crippen LogP contribution is -2.15. The molecule has 1 atom stereocenters. The standard InChI is InChI=1S/C17H17N3O4S/c1-23-15-7-13-14(8-16(15)24-2)18-10-19-17(13)12-5-3-11(4-6-12)9-20-25(21)22/h3-8,10,20H,9H2,1-2H3,(H,21,22)/p-1. The highest BCUT2D eigenvalue weighted by Crippen LogP contribution is 2.35. The van der Waals surface area contributed by atoms with Gasteiger partial charge in [0.15, 0.2) is 11.5 Å². The lowest BCUT2D eigenvalue weighted by molar-refractivity contribution is 0.356. The normalized spacial score (nSPS) is 12.1. The van der Waals surface area contributed by atoms with Crippen LogP contribution in [0, 0.1) is 0 Å². The number of fused-ring (bicyclic) bond motifs is 1. The summed E-state index contributed by atoms with van der Waals surface area (Å²) in [7, 11) is 3.16. The summed E-state index contributed by atoms with van der Waals surface area (Å²) in [5.41, 5.74) is 3.25. The zero-order valence-corrected chi connectivity index (χ0v) is 14.5. The zero-order chi connectivity index (χ0) is 17.8. The minimum Gasteiger partial charge on any atom is -0.760 e. The van der Waals surface area contributed by atoms with Gasteiger partial charge in [0.05, 0.1) is 25.4 Å². The van der Waals surface area contributed by atoms with E-state index in [0.29, 0.717) is 11.5 Å². The molecule has 0 aliphatic heterocycles. The molecule has 0 saturated heterocycles. The van der Waals surface area contributed by atoms with E-state index in [1.165, 1.54) is 6.33 Å². The Morgan fingerprint density at radius 2 is 1.76 bits per heavy atom. The molecule has 0 saturated carbocycles. The van der Waals surface area contributed by atoms with Crippen molar-refractivity contribution >= 4 is 22.2 Å². The van der Waals surface area contributed by atoms with Crippen LogP contribution in [0.5, 0.6) is 11.5 Å². The van der Waals surface area contributed by atoms with Gasteiger partial charge in [-0.1, -0.05) is 24.3 Å². The van der Waals surface area contributed by atoms with Crippen molar-refractivity contribution in [2.45, 2.75) is 6.54 Å². The molecule has 2 aromatic carbocycles. The van der Waals surface area contributed by atoms with Crippen LogP contribution in [0.3, 0.4) is 0 Å². The van der Waals surface area contributed by atoms with Crippen LogP contribution in [0.1, 0.15) is 5.56 Å². The minimum absolute atomic E-state index is 0.242. The summed E-state index contributed by atoms with van der Waals surface area (Å²) in [5, 5.41) is 0.840. The van der Waals surface area contributed by atoms with Gasteiger partial charge in [-0.3, -0.25) is 4.21 Å². The molecule has 0 radical (unpaired) electrons. The largest absolute Gasteiger partial charge is 0.760 e. The second-order valence-corrected chi connectivity index (χ2v) is 5.96. The third-order valence-corrected chi connectivity index (χ3v) is 4.14. The van der Waals surface area contributed by atoms with E-state index in [0.717, 1.165) is 27.7 Å². The van der Waals surface area contributed by atoms with Gasteiger partial charge in [-0.2, -0.15) is 0 Å². The van der Waals surface area contributed by atoms with Crippen molar-refractivity contribution in [2.24, 2.45) is 0 Å². The Hall–Kier alpha value is -2.55. The average molecular weight is 358 g/mol. The highest BCUT2D eigenvalue weighted by molar-refractivity contribution is 7.77. The molecule has 130 valence electrons. The molecule has 3 rings (SSSR count). The van der Waals surface area contributed by atoms with Gasteiger partial charge in [0.2, 0.25) is 0 Å². The van der Waals surface area contributed by atoms with E-state index in [1.807, 2.05) is 30.3 Å². The maximum atomic E-state index is 10.6. The number of rotatable bonds is 6. The van der Waals surface area contributed by atoms with E-state index in [4.69, 9.17) is 9.47 Å². The summed E-state index contributed by atoms with van der Waals surface area (Å²) in [6.45, 7) is 0.242. The summed E-state index contributed by atoms with van der Waals surface area (Å²) in [6.07, 6.45) is 1.50. The Morgan fingerprint density at radius 1 is 1.08 bits per heavy atom. The van der Waals surface area contributed by atoms with E-state index < -0.39 is 11.3 Å². The molecule has 1 N–H and O–H groups in total. The first-order chi connectivity index (χ1) is 12.1. The van der Waals surface area contributed by atoms with Gasteiger partial charge in [-0.15, -0.1) is 0 Å². The van der Waals surface area contributed by atoms with Crippen LogP contribution in [-0.2, 0) is 17.8 Å². The highest BCUT2D eigenvalue weighted by atomic mass is 32.2. The van der Waals surface area contributed by atoms with E-state index >= 15 is 0 Å². The first-order valence-corrected chi connectivity index (χ1v) is 8.48. The van der Waals surface area contributed by atoms with Crippen molar-refractivity contribution < 1.29 is 18.2 Å². The van der Waals surface area contributed by atoms with Gasteiger partial charge in [-0.25, -0.2) is 14.7 Å². The second-order valence-electron chi connectivity index (χ2n) is 5.20. The zero-order valence-electron chi connectivity index (χ0n) is 13.7. The predicted molar refractivity (Wildman–Crippen MR) is 93.8 cm³/mol. The van der Waals surface area contributed by atoms with Crippen LogP contribution in [0.2, 0.25) is 0 Å². The monoisotopic (exact) mass is 358 g/mol. The number of hydrogen-bond donors (Lipinski definition) is 1. The number of methoxy groups -OCH3 is 2. The molecule has 0 aliphatic rings. The molecule has 25 heavy (non-hydrogen) atoms. The first kappa shape index (κ1) is 17.3. The summed E-state index contributed by atoms with van der Waals surface area (Å²) < 4.78 is 34.1. The molecule has 0 aliphatic carbocycles. The summed E-state index contributed by atoms with van der Waals surface area (Å²) in [6, 6.07) is 11.1. The average Bonchev–Trinajstić information content (AvgIpc) is 2.65. The van der Waals surface area contributed by atoms with Gasteiger partial charge in [0, 0.05) is 34.8 Å². The quantitative estimate of drug-likeness (QED) is 0.679. The van der Waals surface area contributed by atoms with Crippen molar-refractivity contribution in [1.29, 1.82) is 0 Å². The number of aromatic nitrogens is 2. The van der Waals surface area contributed by atoms with E-state index in [9.17, 15) is 8.76 Å². The van der Waals surface area contributed by atoms with E-state index in [-0.39, 0.29) is 6.54 Å². The molecule has 0 spiro atoms. The fraction of sp³-hybridized carbons (Fsp3) is 0.176. The molecule has 8 heteroatoms. The van der Waals surface area contributed by atoms with Gasteiger partial charge in [-0.05, 0) is 11.6 Å². The number of ether oxygens (including phenoxy) is 2. The van der Waals surface area contributed by atoms with Gasteiger partial charge < -0.3 is 14.0 Å². The summed E-state index contributed by atoms with van der Waals surface area (Å²) in [4.78, 5) is 8.68. The number of nitrogens with zero attached hydrogens (tertiary/aromatic N) is 2. The van der Waals surface area contributed by atoms with Gasteiger partial charge in [0.25, 0.3) is 0 Å². The Labute approximate surface area is 147 Å². The summed E-state index contributed by atoms with van der Waals surface area (Å²) in [5.74, 6) is 1.21. The third-order valence-electron chi connectivity index (χ3n) is 3.76. The fourth-order valence-corrected chi connectivity index (χ4v) is 2.82. The van der Waals surface area contributed by atoms with Gasteiger partial charge in [0.1, 0.15) is 6.33 Å². The SMILES string of the molecule is COc1cc2ncnc(-c3ccc(CNS(=O)[O-])cc3)c2cc1OC. The lowest BCUT2D eigenvalue weighted by Gasteiger charge is -2.11. The predicted octanol–water partition coefficient (Wildman–Crippen LogP) is 2.20. The van der Waals surface area contributed by atoms with Crippen LogP contribution in [0.15, 0.2) is 42.7 Å². The molecule has 0 fully saturated rings. The maximum absolute atomic E-state index is 10.6. The number of hydrogen-bond acceptors (Lipinski definition) is 6. The Morgan fingerprint density at radius 3 is 2.40 bits per heavy atom. The third kappa shape index (κ3) is 3.76. The van der Waals surface area contributed by atoms with Crippen molar-refractivity contribution in [1.82, 2.24) is 14.7 Å². The Kier molecular flexibility index (Phi) is 5.22. The molecule has 1 unspecified atom stereocenters. The Bertz CT molecular complexity index is 916. The van der Waals surface area contributed by atoms with Crippen LogP contribution in [0.25, 0.3) is 22.2 Å². The van der Waals surface area contributed by atoms with Crippen LogP contribution in [-0.4, -0.2) is 32.9 Å². The topological polar surface area (TPSA) is 96.4 Å². The van der Waals surface area contributed by atoms with Crippen molar-refractivity contribution in [3.63, 3.8) is 0 Å². The van der Waals surface area contributed by atoms with Gasteiger partial charge >= 0.3 is 0 Å². The maximum Gasteiger partial charge on any atom is 0.162 e. The van der Waals surface area contributed by atoms with Crippen molar-refractivity contribution in [3.05, 3.63) is 48.3 Å². The van der Waals surface area contributed by atoms with Crippen LogP contribution in [0.4, 0.5) is 0 Å². The molecule has 1 heterocycles. The summed E-state index contributed by atoms with van der Waals surface area (Å²) >= 11 is -2.28. The van der Waals surface area contributed by atoms with Crippen LogP contribution < -0.4 is 14.2 Å². The van der Waals surface area contributed by atoms with Crippen molar-refractivity contribution in [2.75, 3.05) is 14.2 Å². The first-order valence-electron chi connectivity index (χ1n) is 7.41. The van der Waals surface area contributed by atoms with E-state index in [1.54, 1.807) is 20.3 Å². The molecule has 1 aromatic heterocycles. The second kappa shape index (κ2) is 7.56. The highest BCUT2D eigenvalue weighted by Gasteiger charge is 2.12. The molecule has 0 amide bonds. The van der Waals surface area contributed by atoms with Crippen LogP contribution >= 0.6 is 0 Å². The van der Waals surface area contributed by atoms with E-state index in [2.05, 4.69) is 14.7 Å². The smallest absolute Gasteiger partial charge is 0.162 e. The molecule has 7 nitrogen and oxygen atoms in total. The minimum atomic E-state index is -2.28. The number of nitrogens with one attached hydrogen (secondary N) is 1. The Balaban J connectivity index is 2.01. The fourth-order valence-electron chi connectivity index (χ4n) is 2.54. The lowest BCUT2D eigenvalue weighted by atomic mass is 10.0. The number of benzene rings is 2. The molecule has 0 bridgehead atoms. The van der Waals surface area contributed by atoms with Crippen molar-refractivity contribution in [3.8, 4) is 22.8 Å². The molecular weight excluding hydrogens is 342 g/mol.